The fourth-order valence-corrected chi connectivity index (χ4v) is 3.37. The van der Waals surface area contributed by atoms with Gasteiger partial charge < -0.3 is 11.5 Å². The summed E-state index contributed by atoms with van der Waals surface area (Å²) in [6, 6.07) is 7.69. The number of thiazole rings is 1. The number of hydrogen-bond donors (Lipinski definition) is 2. The van der Waals surface area contributed by atoms with E-state index in [2.05, 4.69) is 11.1 Å². The summed E-state index contributed by atoms with van der Waals surface area (Å²) in [6.45, 7) is 0. The topological polar surface area (TPSA) is 64.9 Å². The van der Waals surface area contributed by atoms with Crippen molar-refractivity contribution in [3.8, 4) is 9.88 Å². The van der Waals surface area contributed by atoms with E-state index in [0.717, 1.165) is 25.8 Å². The van der Waals surface area contributed by atoms with E-state index >= 15 is 0 Å². The number of thiophene rings is 1. The van der Waals surface area contributed by atoms with Crippen LogP contribution in [0.4, 0.5) is 11.4 Å². The molecule has 2 heterocycles. The maximum atomic E-state index is 5.91. The van der Waals surface area contributed by atoms with Gasteiger partial charge in [-0.25, -0.2) is 4.98 Å². The summed E-state index contributed by atoms with van der Waals surface area (Å²) in [5.74, 6) is 0. The van der Waals surface area contributed by atoms with E-state index in [0.29, 0.717) is 5.69 Å². The summed E-state index contributed by atoms with van der Waals surface area (Å²) in [4.78, 5) is 5.69. The average molecular weight is 247 g/mol. The fraction of sp³-hybridized carbons (Fsp3) is 0. The Labute approximate surface area is 100 Å². The van der Waals surface area contributed by atoms with E-state index in [-0.39, 0.29) is 0 Å². The molecule has 5 heteroatoms. The van der Waals surface area contributed by atoms with Gasteiger partial charge in [-0.1, -0.05) is 6.07 Å². The molecule has 1 aromatic carbocycles. The Kier molecular flexibility index (Phi) is 2.08. The largest absolute Gasteiger partial charge is 0.398 e. The van der Waals surface area contributed by atoms with Crippen molar-refractivity contribution in [1.29, 1.82) is 0 Å². The van der Waals surface area contributed by atoms with Crippen molar-refractivity contribution in [2.75, 3.05) is 11.5 Å². The number of hydrogen-bond acceptors (Lipinski definition) is 5. The Bertz CT molecular complexity index is 602. The molecule has 80 valence electrons. The van der Waals surface area contributed by atoms with Crippen LogP contribution in [-0.4, -0.2) is 4.98 Å². The highest BCUT2D eigenvalue weighted by Gasteiger charge is 2.11. The number of nitrogen functional groups attached to an aromatic ring is 2. The molecule has 0 aliphatic rings. The molecule has 0 aliphatic carbocycles. The number of fused-ring (bicyclic) bond motifs is 1. The minimum absolute atomic E-state index is 0.684. The van der Waals surface area contributed by atoms with Crippen molar-refractivity contribution in [3.05, 3.63) is 29.6 Å². The molecule has 0 amide bonds. The number of anilines is 2. The number of rotatable bonds is 1. The third kappa shape index (κ3) is 1.36. The van der Waals surface area contributed by atoms with Gasteiger partial charge in [0.05, 0.1) is 21.0 Å². The molecule has 0 saturated carbocycles. The lowest BCUT2D eigenvalue weighted by molar-refractivity contribution is 1.50. The lowest BCUT2D eigenvalue weighted by atomic mass is 10.2. The van der Waals surface area contributed by atoms with Gasteiger partial charge in [-0.05, 0) is 23.6 Å². The summed E-state index contributed by atoms with van der Waals surface area (Å²) in [6.07, 6.45) is 0. The molecule has 0 spiro atoms. The number of nitrogens with zero attached hydrogens (tertiary/aromatic N) is 1. The van der Waals surface area contributed by atoms with Gasteiger partial charge in [-0.2, -0.15) is 0 Å². The Morgan fingerprint density at radius 1 is 1.06 bits per heavy atom. The molecule has 3 rings (SSSR count). The molecule has 16 heavy (non-hydrogen) atoms. The van der Waals surface area contributed by atoms with E-state index in [1.165, 1.54) is 0 Å². The standard InChI is InChI=1S/C11H9N3S2/c12-6-3-4-7(13)10-9(6)14-11(16-10)8-2-1-5-15-8/h1-5H,12-13H2. The maximum absolute atomic E-state index is 5.91. The second kappa shape index (κ2) is 3.47. The molecule has 0 unspecified atom stereocenters. The maximum Gasteiger partial charge on any atom is 0.134 e. The third-order valence-electron chi connectivity index (χ3n) is 2.34. The zero-order valence-electron chi connectivity index (χ0n) is 8.31. The molecule has 0 atom stereocenters. The molecule has 4 N–H and O–H groups in total. The molecular weight excluding hydrogens is 238 g/mol. The van der Waals surface area contributed by atoms with Gasteiger partial charge in [-0.15, -0.1) is 22.7 Å². The predicted octanol–water partition coefficient (Wildman–Crippen LogP) is 3.19. The number of aromatic nitrogens is 1. The quantitative estimate of drug-likeness (QED) is 0.649. The zero-order chi connectivity index (χ0) is 11.1. The second-order valence-electron chi connectivity index (χ2n) is 3.42. The molecule has 0 fully saturated rings. The van der Waals surface area contributed by atoms with Crippen LogP contribution in [0.5, 0.6) is 0 Å². The first-order valence-electron chi connectivity index (χ1n) is 4.74. The molecule has 0 radical (unpaired) electrons. The van der Waals surface area contributed by atoms with Crippen molar-refractivity contribution in [2.24, 2.45) is 0 Å². The molecule has 0 bridgehead atoms. The highest BCUT2D eigenvalue weighted by molar-refractivity contribution is 7.25. The smallest absolute Gasteiger partial charge is 0.134 e. The van der Waals surface area contributed by atoms with Crippen LogP contribution in [-0.2, 0) is 0 Å². The van der Waals surface area contributed by atoms with Gasteiger partial charge in [-0.3, -0.25) is 0 Å². The Morgan fingerprint density at radius 2 is 1.88 bits per heavy atom. The Morgan fingerprint density at radius 3 is 2.56 bits per heavy atom. The monoisotopic (exact) mass is 247 g/mol. The van der Waals surface area contributed by atoms with Gasteiger partial charge in [0.15, 0.2) is 0 Å². The van der Waals surface area contributed by atoms with Crippen LogP contribution in [0.3, 0.4) is 0 Å². The first-order chi connectivity index (χ1) is 7.75. The molecule has 0 saturated heterocycles. The second-order valence-corrected chi connectivity index (χ2v) is 5.36. The highest BCUT2D eigenvalue weighted by Crippen LogP contribution is 2.37. The normalized spacial score (nSPS) is 11.0. The van der Waals surface area contributed by atoms with E-state index < -0.39 is 0 Å². The molecule has 0 aliphatic heterocycles. The third-order valence-corrected chi connectivity index (χ3v) is 4.48. The summed E-state index contributed by atoms with van der Waals surface area (Å²) in [5.41, 5.74) is 14.0. The minimum atomic E-state index is 0.684. The first-order valence-corrected chi connectivity index (χ1v) is 6.43. The van der Waals surface area contributed by atoms with E-state index in [4.69, 9.17) is 11.5 Å². The van der Waals surface area contributed by atoms with Crippen LogP contribution < -0.4 is 11.5 Å². The van der Waals surface area contributed by atoms with Crippen LogP contribution in [0.15, 0.2) is 29.6 Å². The summed E-state index contributed by atoms with van der Waals surface area (Å²) >= 11 is 3.26. The van der Waals surface area contributed by atoms with Crippen LogP contribution >= 0.6 is 22.7 Å². The minimum Gasteiger partial charge on any atom is -0.398 e. The lowest BCUT2D eigenvalue weighted by Gasteiger charge is -1.96. The summed E-state index contributed by atoms with van der Waals surface area (Å²) in [5, 5.41) is 3.02. The summed E-state index contributed by atoms with van der Waals surface area (Å²) in [7, 11) is 0. The number of nitrogens with two attached hydrogens (primary N) is 2. The van der Waals surface area contributed by atoms with Crippen LogP contribution in [0.2, 0.25) is 0 Å². The molecule has 2 aromatic heterocycles. The van der Waals surface area contributed by atoms with E-state index in [9.17, 15) is 0 Å². The van der Waals surface area contributed by atoms with Gasteiger partial charge >= 0.3 is 0 Å². The lowest BCUT2D eigenvalue weighted by Crippen LogP contribution is -1.89. The van der Waals surface area contributed by atoms with Crippen molar-refractivity contribution in [2.45, 2.75) is 0 Å². The van der Waals surface area contributed by atoms with Crippen LogP contribution in [0.1, 0.15) is 0 Å². The van der Waals surface area contributed by atoms with E-state index in [1.807, 2.05) is 17.5 Å². The van der Waals surface area contributed by atoms with E-state index in [1.54, 1.807) is 28.7 Å². The van der Waals surface area contributed by atoms with Gasteiger partial charge in [0, 0.05) is 0 Å². The van der Waals surface area contributed by atoms with Gasteiger partial charge in [0.25, 0.3) is 0 Å². The Balaban J connectivity index is 2.31. The van der Waals surface area contributed by atoms with Crippen molar-refractivity contribution in [3.63, 3.8) is 0 Å². The SMILES string of the molecule is Nc1ccc(N)c2sc(-c3cccs3)nc12. The Hall–Kier alpha value is -1.59. The molecular formula is C11H9N3S2. The van der Waals surface area contributed by atoms with Gasteiger partial charge in [0.2, 0.25) is 0 Å². The van der Waals surface area contributed by atoms with Crippen molar-refractivity contribution < 1.29 is 0 Å². The summed E-state index contributed by atoms with van der Waals surface area (Å²) < 4.78 is 0.975. The average Bonchev–Trinajstić information content (AvgIpc) is 2.90. The first kappa shape index (κ1) is 9.62. The predicted molar refractivity (Wildman–Crippen MR) is 71.8 cm³/mol. The molecule has 3 aromatic rings. The fourth-order valence-electron chi connectivity index (χ4n) is 1.55. The highest BCUT2D eigenvalue weighted by atomic mass is 32.1. The van der Waals surface area contributed by atoms with Crippen molar-refractivity contribution >= 4 is 44.3 Å². The molecule has 3 nitrogen and oxygen atoms in total. The van der Waals surface area contributed by atoms with Crippen LogP contribution in [0, 0.1) is 0 Å². The van der Waals surface area contributed by atoms with Crippen LogP contribution in [0.25, 0.3) is 20.1 Å². The van der Waals surface area contributed by atoms with Gasteiger partial charge in [0.1, 0.15) is 10.5 Å². The zero-order valence-corrected chi connectivity index (χ0v) is 9.94. The number of benzene rings is 1. The van der Waals surface area contributed by atoms with Crippen molar-refractivity contribution in [1.82, 2.24) is 4.98 Å².